The van der Waals surface area contributed by atoms with Crippen LogP contribution in [-0.4, -0.2) is 5.78 Å². The molecule has 35 heavy (non-hydrogen) atoms. The average molecular weight is 455 g/mol. The zero-order valence-corrected chi connectivity index (χ0v) is 20.0. The molecule has 0 spiro atoms. The van der Waals surface area contributed by atoms with Gasteiger partial charge in [0.1, 0.15) is 5.78 Å². The minimum Gasteiger partial charge on any atom is -0.299 e. The number of allylic oxidation sites excluding steroid dienone is 8. The molecule has 0 heterocycles. The van der Waals surface area contributed by atoms with Crippen LogP contribution in [0.1, 0.15) is 59.4 Å². The van der Waals surface area contributed by atoms with Crippen LogP contribution in [0.4, 0.5) is 0 Å². The number of fused-ring (bicyclic) bond motifs is 2. The van der Waals surface area contributed by atoms with Gasteiger partial charge in [0, 0.05) is 12.3 Å². The molecule has 0 amide bonds. The lowest BCUT2D eigenvalue weighted by molar-refractivity contribution is -0.119. The summed E-state index contributed by atoms with van der Waals surface area (Å²) in [5.41, 5.74) is 10.5. The van der Waals surface area contributed by atoms with Crippen LogP contribution in [0.25, 0.3) is 5.57 Å². The molecule has 0 fully saturated rings. The normalized spacial score (nSPS) is 18.5. The Morgan fingerprint density at radius 1 is 0.771 bits per heavy atom. The first-order valence-corrected chi connectivity index (χ1v) is 12.8. The van der Waals surface area contributed by atoms with Gasteiger partial charge in [-0.05, 0) is 59.1 Å². The van der Waals surface area contributed by atoms with Gasteiger partial charge in [0.25, 0.3) is 0 Å². The lowest BCUT2D eigenvalue weighted by Gasteiger charge is -2.28. The van der Waals surface area contributed by atoms with E-state index in [0.29, 0.717) is 18.1 Å². The second-order valence-electron chi connectivity index (χ2n) is 9.92. The van der Waals surface area contributed by atoms with Crippen LogP contribution < -0.4 is 0 Å². The van der Waals surface area contributed by atoms with E-state index in [2.05, 4.69) is 109 Å². The van der Waals surface area contributed by atoms with E-state index in [0.717, 1.165) is 25.7 Å². The fraction of sp³-hybridized carbons (Fsp3) is 0.206. The van der Waals surface area contributed by atoms with Gasteiger partial charge in [0.15, 0.2) is 0 Å². The summed E-state index contributed by atoms with van der Waals surface area (Å²) in [4.78, 5) is 13.8. The van der Waals surface area contributed by atoms with E-state index in [9.17, 15) is 4.79 Å². The molecular formula is C34H30O. The molecule has 3 aromatic rings. The van der Waals surface area contributed by atoms with Crippen LogP contribution in [-0.2, 0) is 11.2 Å². The molecule has 0 N–H and O–H groups in total. The SMILES string of the molecule is O=C(CCC1=CC=C(c2ccccc2)C1CC1=CC=CC1)C1c2ccccc2Cc2ccccc21. The molecule has 3 aliphatic carbocycles. The van der Waals surface area contributed by atoms with E-state index >= 15 is 0 Å². The second kappa shape index (κ2) is 9.50. The van der Waals surface area contributed by atoms with Crippen LogP contribution in [0.5, 0.6) is 0 Å². The zero-order chi connectivity index (χ0) is 23.6. The monoisotopic (exact) mass is 454 g/mol. The molecule has 3 aliphatic rings. The molecule has 1 heteroatoms. The second-order valence-corrected chi connectivity index (χ2v) is 9.92. The number of rotatable bonds is 7. The number of hydrogen-bond donors (Lipinski definition) is 0. The zero-order valence-electron chi connectivity index (χ0n) is 20.0. The molecule has 0 saturated carbocycles. The number of carbonyl (C=O) groups is 1. The highest BCUT2D eigenvalue weighted by molar-refractivity contribution is 5.91. The molecule has 0 bridgehead atoms. The Balaban J connectivity index is 1.23. The summed E-state index contributed by atoms with van der Waals surface area (Å²) in [6, 6.07) is 27.7. The summed E-state index contributed by atoms with van der Waals surface area (Å²) >= 11 is 0. The van der Waals surface area contributed by atoms with Crippen molar-refractivity contribution in [3.8, 4) is 0 Å². The van der Waals surface area contributed by atoms with Crippen molar-refractivity contribution in [2.75, 3.05) is 0 Å². The Hall–Kier alpha value is -3.71. The van der Waals surface area contributed by atoms with Gasteiger partial charge in [-0.3, -0.25) is 4.79 Å². The van der Waals surface area contributed by atoms with Crippen molar-refractivity contribution in [1.29, 1.82) is 0 Å². The molecule has 6 rings (SSSR count). The van der Waals surface area contributed by atoms with Crippen molar-refractivity contribution in [3.05, 3.63) is 148 Å². The molecular weight excluding hydrogens is 424 g/mol. The molecule has 3 aromatic carbocycles. The van der Waals surface area contributed by atoms with Crippen molar-refractivity contribution in [3.63, 3.8) is 0 Å². The minimum atomic E-state index is -0.153. The van der Waals surface area contributed by atoms with Gasteiger partial charge in [0.2, 0.25) is 0 Å². The van der Waals surface area contributed by atoms with Crippen LogP contribution in [0, 0.1) is 5.92 Å². The number of carbonyl (C=O) groups excluding carboxylic acids is 1. The van der Waals surface area contributed by atoms with Crippen LogP contribution in [0.3, 0.4) is 0 Å². The molecule has 1 atom stereocenters. The molecule has 0 saturated heterocycles. The molecule has 0 radical (unpaired) electrons. The first-order chi connectivity index (χ1) is 17.3. The predicted octanol–water partition coefficient (Wildman–Crippen LogP) is 7.99. The van der Waals surface area contributed by atoms with Crippen molar-refractivity contribution < 1.29 is 4.79 Å². The van der Waals surface area contributed by atoms with E-state index < -0.39 is 0 Å². The fourth-order valence-electron chi connectivity index (χ4n) is 6.05. The smallest absolute Gasteiger partial charge is 0.145 e. The van der Waals surface area contributed by atoms with Crippen molar-refractivity contribution in [1.82, 2.24) is 0 Å². The number of benzene rings is 3. The maximum Gasteiger partial charge on any atom is 0.145 e. The average Bonchev–Trinajstić information content (AvgIpc) is 3.56. The Morgan fingerprint density at radius 3 is 2.14 bits per heavy atom. The van der Waals surface area contributed by atoms with Gasteiger partial charge in [-0.15, -0.1) is 0 Å². The third-order valence-corrected chi connectivity index (χ3v) is 7.82. The Kier molecular flexibility index (Phi) is 5.92. The Labute approximate surface area is 208 Å². The van der Waals surface area contributed by atoms with Crippen LogP contribution in [0.15, 0.2) is 120 Å². The lowest BCUT2D eigenvalue weighted by Crippen LogP contribution is -2.21. The highest BCUT2D eigenvalue weighted by Gasteiger charge is 2.31. The summed E-state index contributed by atoms with van der Waals surface area (Å²) in [6.07, 6.45) is 15.6. The highest BCUT2D eigenvalue weighted by Crippen LogP contribution is 2.43. The van der Waals surface area contributed by atoms with Gasteiger partial charge in [-0.25, -0.2) is 0 Å². The van der Waals surface area contributed by atoms with E-state index in [-0.39, 0.29) is 5.92 Å². The predicted molar refractivity (Wildman–Crippen MR) is 144 cm³/mol. The number of ketones is 1. The highest BCUT2D eigenvalue weighted by atomic mass is 16.1. The first-order valence-electron chi connectivity index (χ1n) is 12.8. The van der Waals surface area contributed by atoms with E-state index in [1.165, 1.54) is 44.5 Å². The third-order valence-electron chi connectivity index (χ3n) is 7.82. The number of Topliss-reactive ketones (excluding diaryl/α,β-unsaturated/α-hetero) is 1. The third kappa shape index (κ3) is 4.28. The summed E-state index contributed by atoms with van der Waals surface area (Å²) in [5.74, 6) is 0.529. The van der Waals surface area contributed by atoms with Crippen molar-refractivity contribution >= 4 is 11.4 Å². The lowest BCUT2D eigenvalue weighted by atomic mass is 9.75. The van der Waals surface area contributed by atoms with E-state index in [1.807, 2.05) is 0 Å². The summed E-state index contributed by atoms with van der Waals surface area (Å²) in [7, 11) is 0. The van der Waals surface area contributed by atoms with Crippen LogP contribution >= 0.6 is 0 Å². The van der Waals surface area contributed by atoms with Gasteiger partial charge >= 0.3 is 0 Å². The Morgan fingerprint density at radius 2 is 1.46 bits per heavy atom. The molecule has 1 nitrogen and oxygen atoms in total. The van der Waals surface area contributed by atoms with Crippen molar-refractivity contribution in [2.24, 2.45) is 5.92 Å². The molecule has 172 valence electrons. The number of hydrogen-bond acceptors (Lipinski definition) is 1. The van der Waals surface area contributed by atoms with Crippen molar-refractivity contribution in [2.45, 2.75) is 38.0 Å². The van der Waals surface area contributed by atoms with Gasteiger partial charge in [-0.2, -0.15) is 0 Å². The standard InChI is InChI=1S/C34H30O/c35-33(34-30-16-8-6-14-27(30)23-28-15-7-9-17-31(28)34)21-19-26-18-20-29(25-12-2-1-3-13-25)32(26)22-24-10-4-5-11-24/h1-10,12-18,20,32,34H,11,19,21-23H2. The van der Waals surface area contributed by atoms with Gasteiger partial charge < -0.3 is 0 Å². The molecule has 0 aromatic heterocycles. The van der Waals surface area contributed by atoms with E-state index in [4.69, 9.17) is 0 Å². The maximum absolute atomic E-state index is 13.8. The van der Waals surface area contributed by atoms with Gasteiger partial charge in [0.05, 0.1) is 5.92 Å². The summed E-state index contributed by atoms with van der Waals surface area (Å²) in [6.45, 7) is 0. The molecule has 0 aliphatic heterocycles. The molecule has 1 unspecified atom stereocenters. The minimum absolute atomic E-state index is 0.153. The summed E-state index contributed by atoms with van der Waals surface area (Å²) < 4.78 is 0. The topological polar surface area (TPSA) is 17.1 Å². The van der Waals surface area contributed by atoms with E-state index in [1.54, 1.807) is 0 Å². The van der Waals surface area contributed by atoms with Gasteiger partial charge in [-0.1, -0.05) is 120 Å². The largest absolute Gasteiger partial charge is 0.299 e. The quantitative estimate of drug-likeness (QED) is 0.354. The first kappa shape index (κ1) is 21.8. The maximum atomic E-state index is 13.8. The fourth-order valence-corrected chi connectivity index (χ4v) is 6.05. The van der Waals surface area contributed by atoms with Crippen LogP contribution in [0.2, 0.25) is 0 Å². The Bertz CT molecular complexity index is 1340. The summed E-state index contributed by atoms with van der Waals surface area (Å²) in [5, 5.41) is 0.